The second-order valence-electron chi connectivity index (χ2n) is 3.77. The summed E-state index contributed by atoms with van der Waals surface area (Å²) in [7, 11) is 0. The van der Waals surface area contributed by atoms with Crippen molar-refractivity contribution < 1.29 is 19.8 Å². The van der Waals surface area contributed by atoms with Crippen LogP contribution in [-0.4, -0.2) is 60.4 Å². The standard InChI is InChI=1S/C10H22N4O4/c11-3-5-13-8(16)2-1-7(15)9(17)10(18)14-6-4-12/h7,9,15,17H,1-6,11-12H2,(H,13,16)(H,14,18)/t7-,9?/m1/s1. The molecule has 0 aromatic heterocycles. The van der Waals surface area contributed by atoms with Crippen LogP contribution < -0.4 is 22.1 Å². The van der Waals surface area contributed by atoms with E-state index in [-0.39, 0.29) is 31.8 Å². The summed E-state index contributed by atoms with van der Waals surface area (Å²) in [6.45, 7) is 1.16. The molecule has 8 heteroatoms. The van der Waals surface area contributed by atoms with Crippen LogP contribution in [0.1, 0.15) is 12.8 Å². The molecule has 18 heavy (non-hydrogen) atoms. The zero-order valence-electron chi connectivity index (χ0n) is 10.3. The second-order valence-corrected chi connectivity index (χ2v) is 3.77. The summed E-state index contributed by atoms with van der Waals surface area (Å²) in [5, 5.41) is 23.8. The van der Waals surface area contributed by atoms with Gasteiger partial charge in [0.25, 0.3) is 5.91 Å². The molecule has 0 saturated heterocycles. The minimum atomic E-state index is -1.56. The molecular formula is C10H22N4O4. The Morgan fingerprint density at radius 1 is 1.06 bits per heavy atom. The predicted molar refractivity (Wildman–Crippen MR) is 65.4 cm³/mol. The first-order valence-corrected chi connectivity index (χ1v) is 5.83. The Morgan fingerprint density at radius 2 is 1.61 bits per heavy atom. The lowest BCUT2D eigenvalue weighted by Crippen LogP contribution is -2.44. The van der Waals surface area contributed by atoms with Gasteiger partial charge in [-0.15, -0.1) is 0 Å². The highest BCUT2D eigenvalue weighted by Gasteiger charge is 2.24. The first kappa shape index (κ1) is 16.8. The molecule has 0 saturated carbocycles. The molecule has 0 aromatic rings. The molecule has 8 N–H and O–H groups in total. The van der Waals surface area contributed by atoms with E-state index in [1.54, 1.807) is 0 Å². The van der Waals surface area contributed by atoms with E-state index in [1.165, 1.54) is 0 Å². The summed E-state index contributed by atoms with van der Waals surface area (Å²) in [6, 6.07) is 0. The van der Waals surface area contributed by atoms with Crippen LogP contribution in [0.4, 0.5) is 0 Å². The van der Waals surface area contributed by atoms with E-state index >= 15 is 0 Å². The third-order valence-electron chi connectivity index (χ3n) is 2.21. The van der Waals surface area contributed by atoms with E-state index in [0.29, 0.717) is 13.1 Å². The van der Waals surface area contributed by atoms with E-state index in [0.717, 1.165) is 0 Å². The van der Waals surface area contributed by atoms with Crippen LogP contribution in [0.15, 0.2) is 0 Å². The van der Waals surface area contributed by atoms with Crippen molar-refractivity contribution in [1.29, 1.82) is 0 Å². The molecule has 0 bridgehead atoms. The van der Waals surface area contributed by atoms with Gasteiger partial charge >= 0.3 is 0 Å². The number of carbonyl (C=O) groups is 2. The lowest BCUT2D eigenvalue weighted by molar-refractivity contribution is -0.136. The summed E-state index contributed by atoms with van der Waals surface area (Å²) >= 11 is 0. The highest BCUT2D eigenvalue weighted by molar-refractivity contribution is 5.81. The van der Waals surface area contributed by atoms with Crippen LogP contribution in [-0.2, 0) is 9.59 Å². The van der Waals surface area contributed by atoms with Crippen molar-refractivity contribution in [3.63, 3.8) is 0 Å². The van der Waals surface area contributed by atoms with Gasteiger partial charge in [-0.05, 0) is 6.42 Å². The van der Waals surface area contributed by atoms with Crippen molar-refractivity contribution in [3.05, 3.63) is 0 Å². The molecule has 0 aliphatic heterocycles. The highest BCUT2D eigenvalue weighted by atomic mass is 16.3. The highest BCUT2D eigenvalue weighted by Crippen LogP contribution is 2.03. The Balaban J connectivity index is 3.89. The fourth-order valence-corrected chi connectivity index (χ4v) is 1.21. The van der Waals surface area contributed by atoms with Crippen molar-refractivity contribution in [3.8, 4) is 0 Å². The largest absolute Gasteiger partial charge is 0.390 e. The van der Waals surface area contributed by atoms with E-state index in [9.17, 15) is 19.8 Å². The molecule has 0 aromatic carbocycles. The molecule has 0 fully saturated rings. The van der Waals surface area contributed by atoms with Gasteiger partial charge in [0.2, 0.25) is 5.91 Å². The van der Waals surface area contributed by atoms with E-state index in [2.05, 4.69) is 10.6 Å². The molecule has 0 radical (unpaired) electrons. The summed E-state index contributed by atoms with van der Waals surface area (Å²) in [4.78, 5) is 22.5. The van der Waals surface area contributed by atoms with Crippen LogP contribution in [0.5, 0.6) is 0 Å². The van der Waals surface area contributed by atoms with Crippen molar-refractivity contribution >= 4 is 11.8 Å². The van der Waals surface area contributed by atoms with E-state index in [4.69, 9.17) is 11.5 Å². The molecule has 0 aliphatic carbocycles. The summed E-state index contributed by atoms with van der Waals surface area (Å²) in [5.74, 6) is -0.982. The van der Waals surface area contributed by atoms with Gasteiger partial charge in [0.05, 0.1) is 6.10 Å². The first-order valence-electron chi connectivity index (χ1n) is 5.83. The Hall–Kier alpha value is -1.22. The quantitative estimate of drug-likeness (QED) is 0.255. The maximum atomic E-state index is 11.3. The van der Waals surface area contributed by atoms with Gasteiger partial charge in [-0.3, -0.25) is 9.59 Å². The number of hydrogen-bond acceptors (Lipinski definition) is 6. The lowest BCUT2D eigenvalue weighted by Gasteiger charge is -2.17. The van der Waals surface area contributed by atoms with Crippen molar-refractivity contribution in [2.45, 2.75) is 25.0 Å². The molecular weight excluding hydrogens is 240 g/mol. The van der Waals surface area contributed by atoms with Crippen LogP contribution in [0, 0.1) is 0 Å². The average Bonchev–Trinajstić information content (AvgIpc) is 2.38. The molecule has 0 aliphatic rings. The SMILES string of the molecule is NCCNC(=O)CC[C@@H](O)C(O)C(=O)NCCN. The average molecular weight is 262 g/mol. The minimum Gasteiger partial charge on any atom is -0.390 e. The van der Waals surface area contributed by atoms with Crippen molar-refractivity contribution in [1.82, 2.24) is 10.6 Å². The molecule has 1 unspecified atom stereocenters. The zero-order valence-corrected chi connectivity index (χ0v) is 10.3. The minimum absolute atomic E-state index is 0.00633. The molecule has 0 rings (SSSR count). The topological polar surface area (TPSA) is 151 Å². The fraction of sp³-hybridized carbons (Fsp3) is 0.800. The smallest absolute Gasteiger partial charge is 0.251 e. The van der Waals surface area contributed by atoms with Gasteiger partial charge in [-0.2, -0.15) is 0 Å². The van der Waals surface area contributed by atoms with Gasteiger partial charge in [0.15, 0.2) is 6.10 Å². The van der Waals surface area contributed by atoms with Crippen molar-refractivity contribution in [2.24, 2.45) is 11.5 Å². The summed E-state index contributed by atoms with van der Waals surface area (Å²) in [5.41, 5.74) is 10.4. The Labute approximate surface area is 106 Å². The van der Waals surface area contributed by atoms with Gasteiger partial charge < -0.3 is 32.3 Å². The van der Waals surface area contributed by atoms with E-state index < -0.39 is 18.1 Å². The Morgan fingerprint density at radius 3 is 2.17 bits per heavy atom. The van der Waals surface area contributed by atoms with Crippen LogP contribution in [0.2, 0.25) is 0 Å². The Bertz CT molecular complexity index is 262. The lowest BCUT2D eigenvalue weighted by atomic mass is 10.1. The monoisotopic (exact) mass is 262 g/mol. The van der Waals surface area contributed by atoms with Crippen LogP contribution in [0.3, 0.4) is 0 Å². The molecule has 0 spiro atoms. The number of aliphatic hydroxyl groups is 2. The number of carbonyl (C=O) groups excluding carboxylic acids is 2. The number of amides is 2. The fourth-order valence-electron chi connectivity index (χ4n) is 1.21. The maximum absolute atomic E-state index is 11.3. The van der Waals surface area contributed by atoms with Gasteiger partial charge in [0, 0.05) is 32.6 Å². The zero-order chi connectivity index (χ0) is 14.0. The molecule has 8 nitrogen and oxygen atoms in total. The number of rotatable bonds is 9. The molecule has 0 heterocycles. The van der Waals surface area contributed by atoms with Gasteiger partial charge in [0.1, 0.15) is 0 Å². The first-order chi connectivity index (χ1) is 8.52. The summed E-state index contributed by atoms with van der Waals surface area (Å²) < 4.78 is 0. The van der Waals surface area contributed by atoms with Gasteiger partial charge in [-0.1, -0.05) is 0 Å². The number of nitrogens with one attached hydrogen (secondary N) is 2. The van der Waals surface area contributed by atoms with Gasteiger partial charge in [-0.25, -0.2) is 0 Å². The number of hydrogen-bond donors (Lipinski definition) is 6. The number of aliphatic hydroxyl groups excluding tert-OH is 2. The van der Waals surface area contributed by atoms with Crippen LogP contribution in [0.25, 0.3) is 0 Å². The maximum Gasteiger partial charge on any atom is 0.251 e. The molecule has 2 amide bonds. The normalized spacial score (nSPS) is 13.8. The molecule has 2 atom stereocenters. The van der Waals surface area contributed by atoms with Crippen molar-refractivity contribution in [2.75, 3.05) is 26.2 Å². The van der Waals surface area contributed by atoms with Crippen LogP contribution >= 0.6 is 0 Å². The van der Waals surface area contributed by atoms with E-state index in [1.807, 2.05) is 0 Å². The Kier molecular flexibility index (Phi) is 9.11. The third-order valence-corrected chi connectivity index (χ3v) is 2.21. The third kappa shape index (κ3) is 7.17. The number of nitrogens with two attached hydrogens (primary N) is 2. The molecule has 106 valence electrons. The second kappa shape index (κ2) is 9.77. The summed E-state index contributed by atoms with van der Waals surface area (Å²) in [6.07, 6.45) is -2.83. The predicted octanol–water partition coefficient (Wildman–Crippen LogP) is -3.36.